The van der Waals surface area contributed by atoms with Crippen LogP contribution in [0.5, 0.6) is 0 Å². The van der Waals surface area contributed by atoms with Gasteiger partial charge in [0, 0.05) is 20.3 Å². The lowest BCUT2D eigenvalue weighted by Crippen LogP contribution is -2.29. The molecule has 0 radical (unpaired) electrons. The molecule has 1 heterocycles. The van der Waals surface area contributed by atoms with Crippen molar-refractivity contribution >= 4 is 11.9 Å². The molecular weight excluding hydrogens is 240 g/mol. The van der Waals surface area contributed by atoms with Crippen LogP contribution in [0.15, 0.2) is 6.20 Å². The van der Waals surface area contributed by atoms with Gasteiger partial charge in [0.05, 0.1) is 13.3 Å². The Morgan fingerprint density at radius 3 is 2.89 bits per heavy atom. The van der Waals surface area contributed by atoms with Gasteiger partial charge >= 0.3 is 5.97 Å². The third-order valence-corrected chi connectivity index (χ3v) is 2.09. The summed E-state index contributed by atoms with van der Waals surface area (Å²) in [5.74, 6) is -0.783. The molecule has 1 N–H and O–H groups in total. The van der Waals surface area contributed by atoms with Crippen molar-refractivity contribution in [3.8, 4) is 0 Å². The monoisotopic (exact) mass is 256 g/mol. The highest BCUT2D eigenvalue weighted by Crippen LogP contribution is 1.95. The first-order chi connectivity index (χ1) is 8.67. The standard InChI is InChI=1S/C10H16N4O4/c1-17-5-3-4-11-9(15)7-14-6-8(12-13-14)10(16)18-2/h6H,3-5,7H2,1-2H3,(H,11,15). The summed E-state index contributed by atoms with van der Waals surface area (Å²) >= 11 is 0. The minimum Gasteiger partial charge on any atom is -0.464 e. The third kappa shape index (κ3) is 4.50. The molecule has 0 spiro atoms. The number of esters is 1. The van der Waals surface area contributed by atoms with E-state index in [1.54, 1.807) is 7.11 Å². The molecule has 0 bridgehead atoms. The van der Waals surface area contributed by atoms with Gasteiger partial charge in [-0.1, -0.05) is 5.21 Å². The van der Waals surface area contributed by atoms with E-state index in [1.807, 2.05) is 0 Å². The maximum absolute atomic E-state index is 11.5. The number of ether oxygens (including phenoxy) is 2. The van der Waals surface area contributed by atoms with Crippen molar-refractivity contribution in [2.75, 3.05) is 27.4 Å². The quantitative estimate of drug-likeness (QED) is 0.508. The van der Waals surface area contributed by atoms with Crippen LogP contribution in [0.2, 0.25) is 0 Å². The van der Waals surface area contributed by atoms with Gasteiger partial charge in [-0.2, -0.15) is 0 Å². The molecule has 1 aromatic heterocycles. The summed E-state index contributed by atoms with van der Waals surface area (Å²) in [7, 11) is 2.86. The molecule has 0 saturated heterocycles. The largest absolute Gasteiger partial charge is 0.464 e. The second kappa shape index (κ2) is 7.38. The third-order valence-electron chi connectivity index (χ3n) is 2.09. The number of carbonyl (C=O) groups is 2. The Hall–Kier alpha value is -1.96. The second-order valence-corrected chi connectivity index (χ2v) is 3.49. The van der Waals surface area contributed by atoms with E-state index >= 15 is 0 Å². The number of aromatic nitrogens is 3. The maximum Gasteiger partial charge on any atom is 0.360 e. The Bertz CT molecular complexity index is 404. The molecule has 1 aromatic rings. The maximum atomic E-state index is 11.5. The highest BCUT2D eigenvalue weighted by Gasteiger charge is 2.11. The van der Waals surface area contributed by atoms with E-state index in [4.69, 9.17) is 4.74 Å². The van der Waals surface area contributed by atoms with Gasteiger partial charge in [0.15, 0.2) is 5.69 Å². The molecule has 18 heavy (non-hydrogen) atoms. The Labute approximate surface area is 104 Å². The lowest BCUT2D eigenvalue weighted by atomic mass is 10.4. The summed E-state index contributed by atoms with van der Waals surface area (Å²) in [6.07, 6.45) is 2.10. The average molecular weight is 256 g/mol. The highest BCUT2D eigenvalue weighted by molar-refractivity contribution is 5.86. The van der Waals surface area contributed by atoms with Crippen molar-refractivity contribution < 1.29 is 19.1 Å². The first kappa shape index (κ1) is 14.1. The molecule has 8 nitrogen and oxygen atoms in total. The lowest BCUT2D eigenvalue weighted by Gasteiger charge is -2.03. The predicted molar refractivity (Wildman–Crippen MR) is 60.9 cm³/mol. The number of rotatable bonds is 7. The van der Waals surface area contributed by atoms with Crippen molar-refractivity contribution in [2.24, 2.45) is 0 Å². The molecule has 1 rings (SSSR count). The zero-order valence-electron chi connectivity index (χ0n) is 10.4. The first-order valence-corrected chi connectivity index (χ1v) is 5.41. The molecule has 0 fully saturated rings. The lowest BCUT2D eigenvalue weighted by molar-refractivity contribution is -0.121. The van der Waals surface area contributed by atoms with Gasteiger partial charge in [-0.05, 0) is 6.42 Å². The van der Waals surface area contributed by atoms with Crippen LogP contribution in [0, 0.1) is 0 Å². The van der Waals surface area contributed by atoms with Gasteiger partial charge in [-0.25, -0.2) is 9.48 Å². The molecule has 100 valence electrons. The van der Waals surface area contributed by atoms with E-state index in [2.05, 4.69) is 20.4 Å². The average Bonchev–Trinajstić information content (AvgIpc) is 2.82. The van der Waals surface area contributed by atoms with Gasteiger partial charge in [0.25, 0.3) is 0 Å². The van der Waals surface area contributed by atoms with Gasteiger partial charge in [-0.3, -0.25) is 4.79 Å². The minimum absolute atomic E-state index is 0.0109. The van der Waals surface area contributed by atoms with Crippen LogP contribution >= 0.6 is 0 Å². The fourth-order valence-electron chi connectivity index (χ4n) is 1.22. The molecule has 1 amide bonds. The van der Waals surface area contributed by atoms with Crippen LogP contribution in [0.25, 0.3) is 0 Å². The fraction of sp³-hybridized carbons (Fsp3) is 0.600. The number of nitrogens with one attached hydrogen (secondary N) is 1. The van der Waals surface area contributed by atoms with Crippen LogP contribution in [0.1, 0.15) is 16.9 Å². The predicted octanol–water partition coefficient (Wildman–Crippen LogP) is -0.783. The summed E-state index contributed by atoms with van der Waals surface area (Å²) in [6, 6.07) is 0. The summed E-state index contributed by atoms with van der Waals surface area (Å²) in [6.45, 7) is 1.14. The van der Waals surface area contributed by atoms with E-state index in [1.165, 1.54) is 18.0 Å². The van der Waals surface area contributed by atoms with Crippen LogP contribution in [-0.4, -0.2) is 54.2 Å². The topological polar surface area (TPSA) is 95.3 Å². The van der Waals surface area contributed by atoms with Crippen LogP contribution < -0.4 is 5.32 Å². The van der Waals surface area contributed by atoms with E-state index in [0.717, 1.165) is 6.42 Å². The number of hydrogen-bond donors (Lipinski definition) is 1. The second-order valence-electron chi connectivity index (χ2n) is 3.49. The SMILES string of the molecule is COCCCNC(=O)Cn1cc(C(=O)OC)nn1. The van der Waals surface area contributed by atoms with Crippen molar-refractivity contribution in [1.29, 1.82) is 0 Å². The number of methoxy groups -OCH3 is 2. The van der Waals surface area contributed by atoms with Gasteiger partial charge in [-0.15, -0.1) is 5.10 Å². The summed E-state index contributed by atoms with van der Waals surface area (Å²) in [5.41, 5.74) is 0.0738. The number of hydrogen-bond acceptors (Lipinski definition) is 6. The number of amides is 1. The van der Waals surface area contributed by atoms with E-state index in [0.29, 0.717) is 13.2 Å². The normalized spacial score (nSPS) is 10.1. The van der Waals surface area contributed by atoms with E-state index in [9.17, 15) is 9.59 Å². The van der Waals surface area contributed by atoms with Crippen molar-refractivity contribution in [3.63, 3.8) is 0 Å². The summed E-state index contributed by atoms with van der Waals surface area (Å²) < 4.78 is 10.6. The molecule has 0 aliphatic carbocycles. The Kier molecular flexibility index (Phi) is 5.78. The highest BCUT2D eigenvalue weighted by atomic mass is 16.5. The molecule has 0 saturated carbocycles. The number of carbonyl (C=O) groups excluding carboxylic acids is 2. The Morgan fingerprint density at radius 1 is 1.44 bits per heavy atom. The minimum atomic E-state index is -0.582. The van der Waals surface area contributed by atoms with E-state index < -0.39 is 5.97 Å². The summed E-state index contributed by atoms with van der Waals surface area (Å²) in [5, 5.41) is 9.93. The van der Waals surface area contributed by atoms with Gasteiger partial charge in [0.1, 0.15) is 6.54 Å². The number of nitrogens with zero attached hydrogens (tertiary/aromatic N) is 3. The molecule has 8 heteroatoms. The zero-order valence-corrected chi connectivity index (χ0v) is 10.4. The molecule has 0 atom stereocenters. The molecule has 0 aromatic carbocycles. The molecule has 0 aliphatic heterocycles. The van der Waals surface area contributed by atoms with Crippen molar-refractivity contribution in [2.45, 2.75) is 13.0 Å². The molecular formula is C10H16N4O4. The van der Waals surface area contributed by atoms with Gasteiger partial charge in [0.2, 0.25) is 5.91 Å². The fourth-order valence-corrected chi connectivity index (χ4v) is 1.22. The van der Waals surface area contributed by atoms with Crippen molar-refractivity contribution in [3.05, 3.63) is 11.9 Å². The Morgan fingerprint density at radius 2 is 2.22 bits per heavy atom. The smallest absolute Gasteiger partial charge is 0.360 e. The van der Waals surface area contributed by atoms with Gasteiger partial charge < -0.3 is 14.8 Å². The summed E-state index contributed by atoms with van der Waals surface area (Å²) in [4.78, 5) is 22.6. The molecule has 0 unspecified atom stereocenters. The Balaban J connectivity index is 2.35. The first-order valence-electron chi connectivity index (χ1n) is 5.41. The van der Waals surface area contributed by atoms with Crippen LogP contribution in [0.4, 0.5) is 0 Å². The molecule has 0 aliphatic rings. The van der Waals surface area contributed by atoms with E-state index in [-0.39, 0.29) is 18.1 Å². The van der Waals surface area contributed by atoms with Crippen molar-refractivity contribution in [1.82, 2.24) is 20.3 Å². The zero-order chi connectivity index (χ0) is 13.4. The van der Waals surface area contributed by atoms with Crippen LogP contribution in [-0.2, 0) is 20.8 Å². The van der Waals surface area contributed by atoms with Crippen LogP contribution in [0.3, 0.4) is 0 Å².